The van der Waals surface area contributed by atoms with Gasteiger partial charge >= 0.3 is 0 Å². The summed E-state index contributed by atoms with van der Waals surface area (Å²) in [5.41, 5.74) is 0.364. The number of pyridine rings is 1. The van der Waals surface area contributed by atoms with Gasteiger partial charge in [0.15, 0.2) is 0 Å². The lowest BCUT2D eigenvalue weighted by Crippen LogP contribution is -2.51. The van der Waals surface area contributed by atoms with Crippen LogP contribution in [0.2, 0.25) is 0 Å². The fourth-order valence-corrected chi connectivity index (χ4v) is 4.45. The van der Waals surface area contributed by atoms with E-state index in [4.69, 9.17) is 9.47 Å². The predicted molar refractivity (Wildman–Crippen MR) is 119 cm³/mol. The highest BCUT2D eigenvalue weighted by Gasteiger charge is 2.43. The number of morpholine rings is 1. The Morgan fingerprint density at radius 3 is 2.53 bits per heavy atom. The molecule has 0 radical (unpaired) electrons. The maximum Gasteiger partial charge on any atom is 0.273 e. The molecule has 7 heteroatoms. The standard InChI is InChI=1S/C25H25N3O4/c29-24(27-12-14-31-15-13-27)22-16-20(32-19-7-2-1-3-8-19)17-28(22)25(30)23-21-9-5-4-6-18(21)10-11-26-23/h1-11,20,22H,12-17H2/t20-,22-/m0/s1. The Kier molecular flexibility index (Phi) is 5.73. The summed E-state index contributed by atoms with van der Waals surface area (Å²) in [5, 5.41) is 1.73. The Bertz CT molecular complexity index is 1110. The normalized spacial score (nSPS) is 21.0. The average Bonchev–Trinajstić information content (AvgIpc) is 3.27. The van der Waals surface area contributed by atoms with Crippen molar-refractivity contribution >= 4 is 22.6 Å². The number of nitrogens with zero attached hydrogens (tertiary/aromatic N) is 3. The molecule has 0 saturated carbocycles. The van der Waals surface area contributed by atoms with Crippen LogP contribution in [0.4, 0.5) is 0 Å². The number of carbonyl (C=O) groups is 2. The van der Waals surface area contributed by atoms with Gasteiger partial charge in [-0.25, -0.2) is 0 Å². The number of likely N-dealkylation sites (tertiary alicyclic amines) is 1. The molecule has 0 bridgehead atoms. The Balaban J connectivity index is 1.45. The van der Waals surface area contributed by atoms with Crippen molar-refractivity contribution in [2.75, 3.05) is 32.8 Å². The Morgan fingerprint density at radius 2 is 1.72 bits per heavy atom. The molecule has 0 aliphatic carbocycles. The third-order valence-electron chi connectivity index (χ3n) is 6.05. The maximum atomic E-state index is 13.7. The topological polar surface area (TPSA) is 72.0 Å². The molecule has 164 valence electrons. The molecule has 2 amide bonds. The van der Waals surface area contributed by atoms with Crippen LogP contribution in [0, 0.1) is 0 Å². The number of benzene rings is 2. The van der Waals surface area contributed by atoms with Crippen molar-refractivity contribution in [1.29, 1.82) is 0 Å². The van der Waals surface area contributed by atoms with Crippen LogP contribution in [0.25, 0.3) is 10.8 Å². The fourth-order valence-electron chi connectivity index (χ4n) is 4.45. The van der Waals surface area contributed by atoms with Gasteiger partial charge in [-0.05, 0) is 23.6 Å². The minimum Gasteiger partial charge on any atom is -0.488 e. The largest absolute Gasteiger partial charge is 0.488 e. The van der Waals surface area contributed by atoms with Crippen molar-refractivity contribution in [2.45, 2.75) is 18.6 Å². The third kappa shape index (κ3) is 4.03. The fraction of sp³-hybridized carbons (Fsp3) is 0.320. The molecule has 0 spiro atoms. The second-order valence-electron chi connectivity index (χ2n) is 8.08. The molecule has 0 N–H and O–H groups in total. The van der Waals surface area contributed by atoms with Crippen LogP contribution in [-0.2, 0) is 9.53 Å². The summed E-state index contributed by atoms with van der Waals surface area (Å²) in [6.07, 6.45) is 1.82. The van der Waals surface area contributed by atoms with Crippen molar-refractivity contribution in [3.63, 3.8) is 0 Å². The molecular weight excluding hydrogens is 406 g/mol. The zero-order chi connectivity index (χ0) is 21.9. The Labute approximate surface area is 186 Å². The SMILES string of the molecule is O=C([C@@H]1C[C@H](Oc2ccccc2)CN1C(=O)c1nccc2ccccc12)N1CCOCC1. The van der Waals surface area contributed by atoms with E-state index in [9.17, 15) is 9.59 Å². The monoisotopic (exact) mass is 431 g/mol. The van der Waals surface area contributed by atoms with Crippen molar-refractivity contribution < 1.29 is 19.1 Å². The Hall–Kier alpha value is -3.45. The molecule has 2 saturated heterocycles. The maximum absolute atomic E-state index is 13.7. The van der Waals surface area contributed by atoms with E-state index in [1.807, 2.05) is 60.7 Å². The van der Waals surface area contributed by atoms with Gasteiger partial charge in [0.1, 0.15) is 23.6 Å². The van der Waals surface area contributed by atoms with Crippen LogP contribution in [0.5, 0.6) is 5.75 Å². The molecule has 5 rings (SSSR count). The summed E-state index contributed by atoms with van der Waals surface area (Å²) in [4.78, 5) is 34.9. The average molecular weight is 431 g/mol. The summed E-state index contributed by atoms with van der Waals surface area (Å²) in [6.45, 7) is 2.43. The molecule has 3 aromatic rings. The van der Waals surface area contributed by atoms with Gasteiger partial charge < -0.3 is 19.3 Å². The molecule has 2 aliphatic heterocycles. The van der Waals surface area contributed by atoms with E-state index in [0.717, 1.165) is 16.5 Å². The number of amides is 2. The quantitative estimate of drug-likeness (QED) is 0.635. The van der Waals surface area contributed by atoms with E-state index in [0.29, 0.717) is 45.0 Å². The van der Waals surface area contributed by atoms with Crippen molar-refractivity contribution in [2.24, 2.45) is 0 Å². The van der Waals surface area contributed by atoms with Crippen LogP contribution in [0.3, 0.4) is 0 Å². The lowest BCUT2D eigenvalue weighted by atomic mass is 10.1. The molecule has 32 heavy (non-hydrogen) atoms. The first kappa shape index (κ1) is 20.5. The first-order valence-corrected chi connectivity index (χ1v) is 10.9. The second kappa shape index (κ2) is 8.96. The molecule has 2 fully saturated rings. The second-order valence-corrected chi connectivity index (χ2v) is 8.08. The number of fused-ring (bicyclic) bond motifs is 1. The summed E-state index contributed by atoms with van der Waals surface area (Å²) >= 11 is 0. The van der Waals surface area contributed by atoms with E-state index < -0.39 is 6.04 Å². The van der Waals surface area contributed by atoms with Crippen LogP contribution < -0.4 is 4.74 Å². The summed E-state index contributed by atoms with van der Waals surface area (Å²) < 4.78 is 11.5. The van der Waals surface area contributed by atoms with Crippen molar-refractivity contribution in [3.8, 4) is 5.75 Å². The van der Waals surface area contributed by atoms with Gasteiger partial charge in [0.2, 0.25) is 5.91 Å². The van der Waals surface area contributed by atoms with Crippen molar-refractivity contribution in [3.05, 3.63) is 72.6 Å². The minimum atomic E-state index is -0.588. The Morgan fingerprint density at radius 1 is 0.969 bits per heavy atom. The minimum absolute atomic E-state index is 0.0546. The van der Waals surface area contributed by atoms with Gasteiger partial charge in [0, 0.05) is 31.1 Å². The molecule has 2 aliphatic rings. The van der Waals surface area contributed by atoms with Crippen LogP contribution >= 0.6 is 0 Å². The number of hydrogen-bond donors (Lipinski definition) is 0. The lowest BCUT2D eigenvalue weighted by molar-refractivity contribution is -0.139. The van der Waals surface area contributed by atoms with Crippen LogP contribution in [-0.4, -0.2) is 71.6 Å². The van der Waals surface area contributed by atoms with Crippen LogP contribution in [0.1, 0.15) is 16.9 Å². The van der Waals surface area contributed by atoms with Crippen molar-refractivity contribution in [1.82, 2.24) is 14.8 Å². The van der Waals surface area contributed by atoms with E-state index in [1.165, 1.54) is 0 Å². The van der Waals surface area contributed by atoms with Gasteiger partial charge in [-0.2, -0.15) is 0 Å². The smallest absolute Gasteiger partial charge is 0.273 e. The number of para-hydroxylation sites is 1. The first-order valence-electron chi connectivity index (χ1n) is 10.9. The van der Waals surface area contributed by atoms with Crippen LogP contribution in [0.15, 0.2) is 66.9 Å². The molecule has 3 heterocycles. The summed E-state index contributed by atoms with van der Waals surface area (Å²) in [7, 11) is 0. The number of hydrogen-bond acceptors (Lipinski definition) is 5. The van der Waals surface area contributed by atoms with E-state index in [-0.39, 0.29) is 17.9 Å². The highest BCUT2D eigenvalue weighted by Crippen LogP contribution is 2.28. The molecule has 2 aromatic carbocycles. The third-order valence-corrected chi connectivity index (χ3v) is 6.05. The molecule has 7 nitrogen and oxygen atoms in total. The number of carbonyl (C=O) groups excluding carboxylic acids is 2. The summed E-state index contributed by atoms with van der Waals surface area (Å²) in [6, 6.07) is 18.5. The lowest BCUT2D eigenvalue weighted by Gasteiger charge is -2.32. The zero-order valence-electron chi connectivity index (χ0n) is 17.7. The van der Waals surface area contributed by atoms with E-state index >= 15 is 0 Å². The molecule has 2 atom stereocenters. The number of rotatable bonds is 4. The predicted octanol–water partition coefficient (Wildman–Crippen LogP) is 2.76. The van der Waals surface area contributed by atoms with Gasteiger partial charge in [0.05, 0.1) is 19.8 Å². The van der Waals surface area contributed by atoms with Gasteiger partial charge in [-0.3, -0.25) is 14.6 Å². The molecule has 1 aromatic heterocycles. The number of aromatic nitrogens is 1. The highest BCUT2D eigenvalue weighted by atomic mass is 16.5. The van der Waals surface area contributed by atoms with Gasteiger partial charge in [-0.15, -0.1) is 0 Å². The zero-order valence-corrected chi connectivity index (χ0v) is 17.7. The first-order chi connectivity index (χ1) is 15.7. The van der Waals surface area contributed by atoms with Gasteiger partial charge in [-0.1, -0.05) is 42.5 Å². The number of ether oxygens (including phenoxy) is 2. The van der Waals surface area contributed by atoms with E-state index in [1.54, 1.807) is 16.0 Å². The summed E-state index contributed by atoms with van der Waals surface area (Å²) in [5.74, 6) is 0.432. The van der Waals surface area contributed by atoms with Gasteiger partial charge in [0.25, 0.3) is 5.91 Å². The van der Waals surface area contributed by atoms with E-state index in [2.05, 4.69) is 4.98 Å². The molecule has 0 unspecified atom stereocenters. The highest BCUT2D eigenvalue weighted by molar-refractivity contribution is 6.06. The molecular formula is C25H25N3O4.